The van der Waals surface area contributed by atoms with Gasteiger partial charge in [0, 0.05) is 17.0 Å². The Morgan fingerprint density at radius 1 is 1.21 bits per heavy atom. The molecule has 1 unspecified atom stereocenters. The molecule has 28 heavy (non-hydrogen) atoms. The van der Waals surface area contributed by atoms with Gasteiger partial charge < -0.3 is 9.84 Å². The number of nitrogens with one attached hydrogen (secondary N) is 2. The summed E-state index contributed by atoms with van der Waals surface area (Å²) in [6, 6.07) is 7.56. The fraction of sp³-hybridized carbons (Fsp3) is 0.474. The first-order valence-corrected chi connectivity index (χ1v) is 11.8. The second-order valence-electron chi connectivity index (χ2n) is 6.98. The summed E-state index contributed by atoms with van der Waals surface area (Å²) in [5.41, 5.74) is 0.567. The van der Waals surface area contributed by atoms with Gasteiger partial charge in [0.25, 0.3) is 10.0 Å². The quantitative estimate of drug-likeness (QED) is 0.693. The van der Waals surface area contributed by atoms with Crippen molar-refractivity contribution in [3.63, 3.8) is 0 Å². The van der Waals surface area contributed by atoms with Crippen molar-refractivity contribution in [3.8, 4) is 0 Å². The normalized spacial score (nSPS) is 16.5. The highest BCUT2D eigenvalue weighted by atomic mass is 32.2. The number of carbonyl (C=O) groups is 1. The van der Waals surface area contributed by atoms with Crippen molar-refractivity contribution < 1.29 is 17.7 Å². The van der Waals surface area contributed by atoms with Crippen LogP contribution in [0.1, 0.15) is 44.8 Å². The number of benzene rings is 1. The van der Waals surface area contributed by atoms with Gasteiger partial charge in [0.15, 0.2) is 5.82 Å². The molecule has 0 bridgehead atoms. The maximum Gasteiger partial charge on any atom is 0.263 e. The van der Waals surface area contributed by atoms with Crippen LogP contribution < -0.4 is 10.0 Å². The fourth-order valence-corrected chi connectivity index (χ4v) is 5.47. The molecular formula is C19H25N3O4S2. The molecule has 0 radical (unpaired) electrons. The molecule has 2 N–H and O–H groups in total. The van der Waals surface area contributed by atoms with Crippen molar-refractivity contribution in [1.29, 1.82) is 0 Å². The molecule has 1 aliphatic rings. The molecule has 1 amide bonds. The molecule has 9 heteroatoms. The maximum absolute atomic E-state index is 12.4. The predicted octanol–water partition coefficient (Wildman–Crippen LogP) is 4.18. The van der Waals surface area contributed by atoms with Crippen LogP contribution in [0.2, 0.25) is 0 Å². The molecule has 1 fully saturated rings. The van der Waals surface area contributed by atoms with Crippen molar-refractivity contribution >= 4 is 39.2 Å². The third kappa shape index (κ3) is 5.51. The average Bonchev–Trinajstić information content (AvgIpc) is 3.07. The molecule has 2 aromatic rings. The van der Waals surface area contributed by atoms with Gasteiger partial charge in [-0.1, -0.05) is 24.4 Å². The molecule has 1 aromatic heterocycles. The largest absolute Gasteiger partial charge is 0.360 e. The van der Waals surface area contributed by atoms with E-state index in [1.807, 2.05) is 6.92 Å². The second-order valence-corrected chi connectivity index (χ2v) is 10.3. The van der Waals surface area contributed by atoms with Crippen LogP contribution in [0.15, 0.2) is 39.8 Å². The lowest BCUT2D eigenvalue weighted by Gasteiger charge is -2.23. The number of aryl methyl sites for hydroxylation is 1. The van der Waals surface area contributed by atoms with Gasteiger partial charge in [0.1, 0.15) is 5.76 Å². The summed E-state index contributed by atoms with van der Waals surface area (Å²) in [5, 5.41) is 6.89. The lowest BCUT2D eigenvalue weighted by atomic mass is 10.0. The zero-order valence-corrected chi connectivity index (χ0v) is 17.6. The van der Waals surface area contributed by atoms with Gasteiger partial charge in [0.2, 0.25) is 5.91 Å². The van der Waals surface area contributed by atoms with Gasteiger partial charge in [0.05, 0.1) is 10.1 Å². The Bertz CT molecular complexity index is 904. The zero-order chi connectivity index (χ0) is 20.1. The number of thioether (sulfide) groups is 1. The molecule has 0 aliphatic heterocycles. The molecule has 1 aliphatic carbocycles. The number of aromatic nitrogens is 1. The Labute approximate surface area is 169 Å². The minimum Gasteiger partial charge on any atom is -0.360 e. The third-order valence-electron chi connectivity index (χ3n) is 4.62. The third-order valence-corrected chi connectivity index (χ3v) is 7.47. The molecule has 7 nitrogen and oxygen atoms in total. The Kier molecular flexibility index (Phi) is 6.66. The van der Waals surface area contributed by atoms with Crippen LogP contribution in [-0.2, 0) is 14.8 Å². The van der Waals surface area contributed by atoms with Gasteiger partial charge in [-0.25, -0.2) is 8.42 Å². The fourth-order valence-electron chi connectivity index (χ4n) is 3.12. The highest BCUT2D eigenvalue weighted by Gasteiger charge is 2.22. The topological polar surface area (TPSA) is 101 Å². The van der Waals surface area contributed by atoms with Crippen LogP contribution >= 0.6 is 11.8 Å². The molecule has 1 aromatic carbocycles. The second kappa shape index (κ2) is 9.00. The average molecular weight is 424 g/mol. The Hall–Kier alpha value is -2.00. The summed E-state index contributed by atoms with van der Waals surface area (Å²) in [4.78, 5) is 12.5. The van der Waals surface area contributed by atoms with Gasteiger partial charge in [-0.3, -0.25) is 9.52 Å². The summed E-state index contributed by atoms with van der Waals surface area (Å²) in [7, 11) is -3.77. The van der Waals surface area contributed by atoms with Crippen molar-refractivity contribution in [1.82, 2.24) is 5.16 Å². The van der Waals surface area contributed by atoms with E-state index >= 15 is 0 Å². The van der Waals surface area contributed by atoms with Crippen molar-refractivity contribution in [2.24, 2.45) is 0 Å². The number of anilines is 2. The van der Waals surface area contributed by atoms with Crippen LogP contribution in [0, 0.1) is 6.92 Å². The first kappa shape index (κ1) is 20.7. The summed E-state index contributed by atoms with van der Waals surface area (Å²) in [6.07, 6.45) is 6.12. The lowest BCUT2D eigenvalue weighted by molar-refractivity contribution is -0.115. The highest BCUT2D eigenvalue weighted by molar-refractivity contribution is 8.01. The van der Waals surface area contributed by atoms with E-state index in [-0.39, 0.29) is 21.9 Å². The number of nitrogens with zero attached hydrogens (tertiary/aromatic N) is 1. The SMILES string of the molecule is Cc1cc(NS(=O)(=O)c2ccc(NC(=O)C(C)SC3CCCCC3)cc2)no1. The molecule has 3 rings (SSSR count). The summed E-state index contributed by atoms with van der Waals surface area (Å²) in [6.45, 7) is 3.59. The first-order valence-electron chi connectivity index (χ1n) is 9.36. The molecule has 0 saturated heterocycles. The van der Waals surface area contributed by atoms with Crippen LogP contribution in [0.3, 0.4) is 0 Å². The van der Waals surface area contributed by atoms with Gasteiger partial charge in [-0.15, -0.1) is 11.8 Å². The molecule has 1 saturated carbocycles. The molecule has 1 atom stereocenters. The van der Waals surface area contributed by atoms with Crippen molar-refractivity contribution in [3.05, 3.63) is 36.1 Å². The number of rotatable bonds is 7. The molecule has 152 valence electrons. The summed E-state index contributed by atoms with van der Waals surface area (Å²) < 4.78 is 32.0. The van der Waals surface area contributed by atoms with Crippen LogP contribution in [-0.4, -0.2) is 30.0 Å². The summed E-state index contributed by atoms with van der Waals surface area (Å²) >= 11 is 1.72. The number of hydrogen-bond acceptors (Lipinski definition) is 6. The van der Waals surface area contributed by atoms with Gasteiger partial charge in [-0.05, 0) is 51.0 Å². The molecule has 1 heterocycles. The standard InChI is InChI=1S/C19H25N3O4S2/c1-13-12-18(21-26-13)22-28(24,25)17-10-8-15(9-11-17)20-19(23)14(2)27-16-6-4-3-5-7-16/h8-12,14,16H,3-7H2,1-2H3,(H,20,23)(H,21,22). The van der Waals surface area contributed by atoms with Gasteiger partial charge in [-0.2, -0.15) is 0 Å². The smallest absolute Gasteiger partial charge is 0.263 e. The lowest BCUT2D eigenvalue weighted by Crippen LogP contribution is -2.25. The van der Waals surface area contributed by atoms with E-state index in [0.29, 0.717) is 16.7 Å². The monoisotopic (exact) mass is 423 g/mol. The highest BCUT2D eigenvalue weighted by Crippen LogP contribution is 2.31. The van der Waals surface area contributed by atoms with Crippen LogP contribution in [0.5, 0.6) is 0 Å². The number of amides is 1. The van der Waals surface area contributed by atoms with E-state index in [1.165, 1.54) is 50.3 Å². The van der Waals surface area contributed by atoms with E-state index in [0.717, 1.165) is 0 Å². The Balaban J connectivity index is 1.58. The Morgan fingerprint density at radius 3 is 2.50 bits per heavy atom. The van der Waals surface area contributed by atoms with Gasteiger partial charge >= 0.3 is 0 Å². The van der Waals surface area contributed by atoms with Crippen molar-refractivity contribution in [2.75, 3.05) is 10.0 Å². The number of sulfonamides is 1. The number of hydrogen-bond donors (Lipinski definition) is 2. The van der Waals surface area contributed by atoms with Crippen LogP contribution in [0.4, 0.5) is 11.5 Å². The Morgan fingerprint density at radius 2 is 1.89 bits per heavy atom. The van der Waals surface area contributed by atoms with E-state index < -0.39 is 10.0 Å². The predicted molar refractivity (Wildman–Crippen MR) is 111 cm³/mol. The van der Waals surface area contributed by atoms with E-state index in [1.54, 1.807) is 30.8 Å². The van der Waals surface area contributed by atoms with E-state index in [9.17, 15) is 13.2 Å². The molecular weight excluding hydrogens is 398 g/mol. The first-order chi connectivity index (χ1) is 13.3. The van der Waals surface area contributed by atoms with Crippen molar-refractivity contribution in [2.45, 2.75) is 61.3 Å². The van der Waals surface area contributed by atoms with E-state index in [4.69, 9.17) is 4.52 Å². The zero-order valence-electron chi connectivity index (χ0n) is 16.0. The maximum atomic E-state index is 12.4. The minimum absolute atomic E-state index is 0.0672. The molecule has 0 spiro atoms. The number of carbonyl (C=O) groups excluding carboxylic acids is 1. The minimum atomic E-state index is -3.77. The van der Waals surface area contributed by atoms with E-state index in [2.05, 4.69) is 15.2 Å². The summed E-state index contributed by atoms with van der Waals surface area (Å²) in [5.74, 6) is 0.571. The van der Waals surface area contributed by atoms with Crippen LogP contribution in [0.25, 0.3) is 0 Å².